The van der Waals surface area contributed by atoms with Crippen LogP contribution < -0.4 is 11.1 Å². The SMILES string of the molecule is Cc1cccc(C(C)C)c1NC(C)CC(N)=S. The van der Waals surface area contributed by atoms with Gasteiger partial charge in [0.25, 0.3) is 0 Å². The van der Waals surface area contributed by atoms with Gasteiger partial charge in [0.05, 0.1) is 4.99 Å². The molecule has 0 saturated carbocycles. The molecule has 0 bridgehead atoms. The lowest BCUT2D eigenvalue weighted by Crippen LogP contribution is -2.23. The van der Waals surface area contributed by atoms with E-state index in [1.807, 2.05) is 0 Å². The first kappa shape index (κ1) is 14.0. The fourth-order valence-corrected chi connectivity index (χ4v) is 2.22. The molecule has 3 N–H and O–H groups in total. The van der Waals surface area contributed by atoms with Gasteiger partial charge in [0, 0.05) is 18.2 Å². The van der Waals surface area contributed by atoms with Crippen LogP contribution >= 0.6 is 12.2 Å². The summed E-state index contributed by atoms with van der Waals surface area (Å²) < 4.78 is 0. The van der Waals surface area contributed by atoms with Crippen LogP contribution in [-0.4, -0.2) is 11.0 Å². The standard InChI is InChI=1S/C14H22N2S/c1-9(2)12-7-5-6-10(3)14(12)16-11(4)8-13(15)17/h5-7,9,11,16H,8H2,1-4H3,(H2,15,17). The first-order valence-electron chi connectivity index (χ1n) is 6.06. The maximum atomic E-state index is 5.57. The van der Waals surface area contributed by atoms with Gasteiger partial charge in [0.15, 0.2) is 0 Å². The zero-order valence-electron chi connectivity index (χ0n) is 11.1. The van der Waals surface area contributed by atoms with Gasteiger partial charge in [-0.15, -0.1) is 0 Å². The zero-order valence-corrected chi connectivity index (χ0v) is 11.9. The van der Waals surface area contributed by atoms with Crippen molar-refractivity contribution in [3.63, 3.8) is 0 Å². The summed E-state index contributed by atoms with van der Waals surface area (Å²) in [5.74, 6) is 0.509. The number of anilines is 1. The van der Waals surface area contributed by atoms with Crippen molar-refractivity contribution >= 4 is 22.9 Å². The summed E-state index contributed by atoms with van der Waals surface area (Å²) in [6, 6.07) is 6.68. The minimum Gasteiger partial charge on any atom is -0.393 e. The van der Waals surface area contributed by atoms with E-state index in [1.54, 1.807) is 0 Å². The number of thiocarbonyl (C=S) groups is 1. The van der Waals surface area contributed by atoms with Crippen LogP contribution in [0.4, 0.5) is 5.69 Å². The Balaban J connectivity index is 2.92. The van der Waals surface area contributed by atoms with Gasteiger partial charge in [-0.25, -0.2) is 0 Å². The van der Waals surface area contributed by atoms with E-state index in [0.717, 1.165) is 6.42 Å². The molecule has 1 unspecified atom stereocenters. The van der Waals surface area contributed by atoms with Crippen LogP contribution in [0, 0.1) is 6.92 Å². The molecular formula is C14H22N2S. The van der Waals surface area contributed by atoms with Crippen molar-refractivity contribution in [3.8, 4) is 0 Å². The van der Waals surface area contributed by atoms with Crippen molar-refractivity contribution < 1.29 is 0 Å². The minimum absolute atomic E-state index is 0.270. The van der Waals surface area contributed by atoms with Crippen LogP contribution in [-0.2, 0) is 0 Å². The van der Waals surface area contributed by atoms with Crippen LogP contribution in [0.15, 0.2) is 18.2 Å². The molecule has 0 aliphatic rings. The van der Waals surface area contributed by atoms with Gasteiger partial charge >= 0.3 is 0 Å². The molecule has 3 heteroatoms. The summed E-state index contributed by atoms with van der Waals surface area (Å²) in [5.41, 5.74) is 9.42. The lowest BCUT2D eigenvalue weighted by molar-refractivity contribution is 0.816. The molecule has 0 amide bonds. The molecule has 1 rings (SSSR count). The number of nitrogens with one attached hydrogen (secondary N) is 1. The van der Waals surface area contributed by atoms with E-state index in [0.29, 0.717) is 10.9 Å². The Hall–Kier alpha value is -1.09. The molecule has 0 fully saturated rings. The lowest BCUT2D eigenvalue weighted by atomic mass is 9.97. The molecule has 1 aromatic rings. The maximum Gasteiger partial charge on any atom is 0.0747 e. The van der Waals surface area contributed by atoms with Crippen LogP contribution in [0.1, 0.15) is 44.2 Å². The van der Waals surface area contributed by atoms with E-state index in [-0.39, 0.29) is 6.04 Å². The number of hydrogen-bond acceptors (Lipinski definition) is 2. The van der Waals surface area contributed by atoms with Gasteiger partial charge in [-0.1, -0.05) is 44.3 Å². The number of aryl methyl sites for hydroxylation is 1. The Morgan fingerprint density at radius 2 is 2.00 bits per heavy atom. The number of rotatable bonds is 5. The van der Waals surface area contributed by atoms with Crippen LogP contribution in [0.5, 0.6) is 0 Å². The van der Waals surface area contributed by atoms with Gasteiger partial charge in [-0.2, -0.15) is 0 Å². The molecule has 0 aliphatic carbocycles. The van der Waals surface area contributed by atoms with Crippen LogP contribution in [0.2, 0.25) is 0 Å². The minimum atomic E-state index is 0.270. The van der Waals surface area contributed by atoms with E-state index in [9.17, 15) is 0 Å². The van der Waals surface area contributed by atoms with E-state index < -0.39 is 0 Å². The third-order valence-electron chi connectivity index (χ3n) is 2.83. The first-order chi connectivity index (χ1) is 7.91. The van der Waals surface area contributed by atoms with Crippen molar-refractivity contribution in [2.75, 3.05) is 5.32 Å². The molecule has 0 aromatic heterocycles. The van der Waals surface area contributed by atoms with E-state index >= 15 is 0 Å². The number of hydrogen-bond donors (Lipinski definition) is 2. The number of nitrogens with two attached hydrogens (primary N) is 1. The second kappa shape index (κ2) is 6.01. The Kier molecular flexibility index (Phi) is 4.94. The highest BCUT2D eigenvalue weighted by Crippen LogP contribution is 2.28. The third kappa shape index (κ3) is 4.00. The van der Waals surface area contributed by atoms with Gasteiger partial charge in [-0.05, 0) is 30.9 Å². The summed E-state index contributed by atoms with van der Waals surface area (Å²) in [5, 5.41) is 3.52. The number of para-hydroxylation sites is 1. The van der Waals surface area contributed by atoms with Crippen molar-refractivity contribution in [1.29, 1.82) is 0 Å². The van der Waals surface area contributed by atoms with E-state index in [2.05, 4.69) is 51.2 Å². The first-order valence-corrected chi connectivity index (χ1v) is 6.47. The topological polar surface area (TPSA) is 38.0 Å². The molecule has 1 atom stereocenters. The predicted octanol–water partition coefficient (Wildman–Crippen LogP) is 3.60. The summed E-state index contributed by atoms with van der Waals surface area (Å²) >= 11 is 4.94. The van der Waals surface area contributed by atoms with Gasteiger partial charge in [0.2, 0.25) is 0 Å². The molecule has 1 aromatic carbocycles. The van der Waals surface area contributed by atoms with Gasteiger partial charge < -0.3 is 11.1 Å². The second-order valence-electron chi connectivity index (χ2n) is 4.91. The van der Waals surface area contributed by atoms with Crippen LogP contribution in [0.3, 0.4) is 0 Å². The quantitative estimate of drug-likeness (QED) is 0.784. The molecule has 0 saturated heterocycles. The van der Waals surface area contributed by atoms with Gasteiger partial charge in [0.1, 0.15) is 0 Å². The molecule has 2 nitrogen and oxygen atoms in total. The van der Waals surface area contributed by atoms with Gasteiger partial charge in [-0.3, -0.25) is 0 Å². The monoisotopic (exact) mass is 250 g/mol. The maximum absolute atomic E-state index is 5.57. The second-order valence-corrected chi connectivity index (χ2v) is 5.43. The molecular weight excluding hydrogens is 228 g/mol. The van der Waals surface area contributed by atoms with E-state index in [1.165, 1.54) is 16.8 Å². The van der Waals surface area contributed by atoms with E-state index in [4.69, 9.17) is 18.0 Å². The highest BCUT2D eigenvalue weighted by molar-refractivity contribution is 7.80. The average Bonchev–Trinajstić information content (AvgIpc) is 2.19. The van der Waals surface area contributed by atoms with Crippen molar-refractivity contribution in [2.24, 2.45) is 5.73 Å². The molecule has 94 valence electrons. The van der Waals surface area contributed by atoms with Crippen molar-refractivity contribution in [1.82, 2.24) is 0 Å². The predicted molar refractivity (Wildman–Crippen MR) is 79.8 cm³/mol. The Labute approximate surface area is 110 Å². The largest absolute Gasteiger partial charge is 0.393 e. The highest BCUT2D eigenvalue weighted by atomic mass is 32.1. The Morgan fingerprint density at radius 1 is 1.35 bits per heavy atom. The smallest absolute Gasteiger partial charge is 0.0747 e. The number of benzene rings is 1. The summed E-state index contributed by atoms with van der Waals surface area (Å²) in [4.78, 5) is 0.560. The molecule has 0 aliphatic heterocycles. The summed E-state index contributed by atoms with van der Waals surface area (Å²) in [6.45, 7) is 8.65. The fourth-order valence-electron chi connectivity index (χ4n) is 1.97. The average molecular weight is 250 g/mol. The summed E-state index contributed by atoms with van der Waals surface area (Å²) in [7, 11) is 0. The molecule has 0 radical (unpaired) electrons. The fraction of sp³-hybridized carbons (Fsp3) is 0.500. The Morgan fingerprint density at radius 3 is 2.53 bits per heavy atom. The highest BCUT2D eigenvalue weighted by Gasteiger charge is 2.11. The molecule has 0 spiro atoms. The van der Waals surface area contributed by atoms with Crippen LogP contribution in [0.25, 0.3) is 0 Å². The molecule has 0 heterocycles. The lowest BCUT2D eigenvalue weighted by Gasteiger charge is -2.21. The Bertz CT molecular complexity index is 399. The summed E-state index contributed by atoms with van der Waals surface area (Å²) in [6.07, 6.45) is 0.723. The van der Waals surface area contributed by atoms with Crippen molar-refractivity contribution in [3.05, 3.63) is 29.3 Å². The normalized spacial score (nSPS) is 12.5. The zero-order chi connectivity index (χ0) is 13.0. The molecule has 17 heavy (non-hydrogen) atoms. The van der Waals surface area contributed by atoms with Crippen molar-refractivity contribution in [2.45, 2.75) is 46.1 Å². The third-order valence-corrected chi connectivity index (χ3v) is 2.99.